The van der Waals surface area contributed by atoms with Gasteiger partial charge >= 0.3 is 6.18 Å². The molecule has 2 amide bonds. The molecular formula is C20H19F3N2O2. The van der Waals surface area contributed by atoms with Gasteiger partial charge in [0.2, 0.25) is 5.91 Å². The zero-order valence-electron chi connectivity index (χ0n) is 15.0. The summed E-state index contributed by atoms with van der Waals surface area (Å²) in [5, 5.41) is 0. The Morgan fingerprint density at radius 2 is 1.59 bits per heavy atom. The maximum absolute atomic E-state index is 12.7. The third kappa shape index (κ3) is 3.82. The first kappa shape index (κ1) is 18.9. The van der Waals surface area contributed by atoms with Crippen molar-refractivity contribution in [1.29, 1.82) is 0 Å². The lowest BCUT2D eigenvalue weighted by molar-refractivity contribution is -0.137. The summed E-state index contributed by atoms with van der Waals surface area (Å²) in [6.45, 7) is 4.22. The molecule has 0 aromatic heterocycles. The molecule has 1 aliphatic rings. The van der Waals surface area contributed by atoms with E-state index in [0.717, 1.165) is 35.5 Å². The number of alkyl halides is 3. The van der Waals surface area contributed by atoms with Gasteiger partial charge in [-0.25, -0.2) is 0 Å². The summed E-state index contributed by atoms with van der Waals surface area (Å²) in [5.74, 6) is -0.668. The van der Waals surface area contributed by atoms with Crippen molar-refractivity contribution in [2.45, 2.75) is 26.1 Å². The third-order valence-electron chi connectivity index (χ3n) is 4.72. The van der Waals surface area contributed by atoms with Gasteiger partial charge in [0.25, 0.3) is 5.91 Å². The number of amides is 2. The number of carbonyl (C=O) groups is 2. The molecule has 0 radical (unpaired) electrons. The van der Waals surface area contributed by atoms with Crippen molar-refractivity contribution in [2.24, 2.45) is 0 Å². The van der Waals surface area contributed by atoms with Crippen molar-refractivity contribution in [3.05, 3.63) is 65.2 Å². The van der Waals surface area contributed by atoms with Crippen LogP contribution >= 0.6 is 0 Å². The molecule has 1 unspecified atom stereocenters. The molecule has 0 saturated carbocycles. The lowest BCUT2D eigenvalue weighted by Gasteiger charge is -2.39. The van der Waals surface area contributed by atoms with Crippen molar-refractivity contribution in [3.8, 4) is 0 Å². The molecule has 1 atom stereocenters. The van der Waals surface area contributed by atoms with Crippen LogP contribution in [0.1, 0.15) is 28.4 Å². The van der Waals surface area contributed by atoms with E-state index in [1.165, 1.54) is 4.90 Å². The Morgan fingerprint density at radius 1 is 1.00 bits per heavy atom. The number of nitrogens with zero attached hydrogens (tertiary/aromatic N) is 2. The summed E-state index contributed by atoms with van der Waals surface area (Å²) in [6, 6.07) is 10.9. The summed E-state index contributed by atoms with van der Waals surface area (Å²) in [7, 11) is 0. The number of hydrogen-bond acceptors (Lipinski definition) is 2. The minimum absolute atomic E-state index is 0.131. The van der Waals surface area contributed by atoms with Gasteiger partial charge in [-0.15, -0.1) is 0 Å². The van der Waals surface area contributed by atoms with E-state index in [1.54, 1.807) is 11.8 Å². The van der Waals surface area contributed by atoms with Gasteiger partial charge in [-0.3, -0.25) is 9.59 Å². The van der Waals surface area contributed by atoms with Crippen LogP contribution in [0.5, 0.6) is 0 Å². The monoisotopic (exact) mass is 376 g/mol. The molecular weight excluding hydrogens is 357 g/mol. The van der Waals surface area contributed by atoms with Crippen molar-refractivity contribution < 1.29 is 22.8 Å². The van der Waals surface area contributed by atoms with E-state index in [2.05, 4.69) is 0 Å². The number of rotatable bonds is 2. The smallest absolute Gasteiger partial charge is 0.325 e. The van der Waals surface area contributed by atoms with Gasteiger partial charge in [-0.05, 0) is 50.2 Å². The number of aryl methyl sites for hydroxylation is 1. The quantitative estimate of drug-likeness (QED) is 0.798. The molecule has 1 fully saturated rings. The van der Waals surface area contributed by atoms with E-state index in [-0.39, 0.29) is 11.5 Å². The summed E-state index contributed by atoms with van der Waals surface area (Å²) in [6.07, 6.45) is -4.45. The highest BCUT2D eigenvalue weighted by molar-refractivity contribution is 6.03. The number of benzene rings is 2. The molecule has 142 valence electrons. The fourth-order valence-corrected chi connectivity index (χ4v) is 3.10. The van der Waals surface area contributed by atoms with Gasteiger partial charge in [0.1, 0.15) is 6.04 Å². The minimum atomic E-state index is -4.45. The fourth-order valence-electron chi connectivity index (χ4n) is 3.10. The SMILES string of the molecule is Cc1ccc(N2CCN(C(=O)c3ccc(C(F)(F)F)cc3)C(C)C2=O)cc1. The third-order valence-corrected chi connectivity index (χ3v) is 4.72. The number of carbonyl (C=O) groups excluding carboxylic acids is 2. The van der Waals surface area contributed by atoms with Crippen LogP contribution in [0.2, 0.25) is 0 Å². The average molecular weight is 376 g/mol. The van der Waals surface area contributed by atoms with Crippen LogP contribution in [0.15, 0.2) is 48.5 Å². The number of anilines is 1. The van der Waals surface area contributed by atoms with Gasteiger partial charge in [0, 0.05) is 24.3 Å². The number of halogens is 3. The van der Waals surface area contributed by atoms with E-state index in [1.807, 2.05) is 31.2 Å². The molecule has 0 aliphatic carbocycles. The van der Waals surface area contributed by atoms with E-state index in [9.17, 15) is 22.8 Å². The summed E-state index contributed by atoms with van der Waals surface area (Å²) < 4.78 is 38.0. The Labute approximate surface area is 155 Å². The predicted molar refractivity (Wildman–Crippen MR) is 95.5 cm³/mol. The average Bonchev–Trinajstić information content (AvgIpc) is 2.64. The van der Waals surface area contributed by atoms with Crippen molar-refractivity contribution in [3.63, 3.8) is 0 Å². The Morgan fingerprint density at radius 3 is 2.15 bits per heavy atom. The van der Waals surface area contributed by atoms with Gasteiger partial charge in [0.15, 0.2) is 0 Å². The standard InChI is InChI=1S/C20H19F3N2O2/c1-13-3-9-17(10-4-13)25-12-11-24(14(2)18(25)26)19(27)15-5-7-16(8-6-15)20(21,22)23/h3-10,14H,11-12H2,1-2H3. The summed E-state index contributed by atoms with van der Waals surface area (Å²) in [4.78, 5) is 28.4. The van der Waals surface area contributed by atoms with Gasteiger partial charge in [-0.1, -0.05) is 17.7 Å². The molecule has 2 aromatic carbocycles. The maximum atomic E-state index is 12.7. The molecule has 0 N–H and O–H groups in total. The fraction of sp³-hybridized carbons (Fsp3) is 0.300. The van der Waals surface area contributed by atoms with Crippen LogP contribution < -0.4 is 4.90 Å². The highest BCUT2D eigenvalue weighted by Gasteiger charge is 2.36. The second-order valence-corrected chi connectivity index (χ2v) is 6.58. The highest BCUT2D eigenvalue weighted by atomic mass is 19.4. The molecule has 7 heteroatoms. The first-order valence-corrected chi connectivity index (χ1v) is 8.55. The Kier molecular flexibility index (Phi) is 4.95. The Bertz CT molecular complexity index is 845. The van der Waals surface area contributed by atoms with Gasteiger partial charge in [0.05, 0.1) is 5.56 Å². The summed E-state index contributed by atoms with van der Waals surface area (Å²) in [5.41, 5.74) is 1.16. The normalized spacial score (nSPS) is 18.0. The molecule has 27 heavy (non-hydrogen) atoms. The molecule has 3 rings (SSSR count). The van der Waals surface area contributed by atoms with Crippen molar-refractivity contribution in [1.82, 2.24) is 4.90 Å². The number of piperazine rings is 1. The topological polar surface area (TPSA) is 40.6 Å². The highest BCUT2D eigenvalue weighted by Crippen LogP contribution is 2.29. The second-order valence-electron chi connectivity index (χ2n) is 6.58. The molecule has 0 spiro atoms. The van der Waals surface area contributed by atoms with Crippen LogP contribution in [0, 0.1) is 6.92 Å². The zero-order chi connectivity index (χ0) is 19.8. The first-order chi connectivity index (χ1) is 12.7. The minimum Gasteiger partial charge on any atom is -0.325 e. The van der Waals surface area contributed by atoms with E-state index >= 15 is 0 Å². The first-order valence-electron chi connectivity index (χ1n) is 8.55. The zero-order valence-corrected chi connectivity index (χ0v) is 15.0. The maximum Gasteiger partial charge on any atom is 0.416 e. The van der Waals surface area contributed by atoms with E-state index in [0.29, 0.717) is 13.1 Å². The largest absolute Gasteiger partial charge is 0.416 e. The van der Waals surface area contributed by atoms with Gasteiger partial charge in [-0.2, -0.15) is 13.2 Å². The van der Waals surface area contributed by atoms with Crippen LogP contribution in [0.25, 0.3) is 0 Å². The predicted octanol–water partition coefficient (Wildman–Crippen LogP) is 3.89. The lowest BCUT2D eigenvalue weighted by atomic mass is 10.1. The molecule has 1 heterocycles. The number of hydrogen-bond donors (Lipinski definition) is 0. The van der Waals surface area contributed by atoms with E-state index in [4.69, 9.17) is 0 Å². The molecule has 0 bridgehead atoms. The Balaban J connectivity index is 1.76. The Hall–Kier alpha value is -2.83. The van der Waals surface area contributed by atoms with E-state index < -0.39 is 23.7 Å². The van der Waals surface area contributed by atoms with Gasteiger partial charge < -0.3 is 9.80 Å². The van der Waals surface area contributed by atoms with Crippen LogP contribution in [-0.2, 0) is 11.0 Å². The van der Waals surface area contributed by atoms with Crippen LogP contribution in [0.3, 0.4) is 0 Å². The molecule has 1 aliphatic heterocycles. The van der Waals surface area contributed by atoms with Crippen molar-refractivity contribution >= 4 is 17.5 Å². The molecule has 1 saturated heterocycles. The van der Waals surface area contributed by atoms with Crippen LogP contribution in [-0.4, -0.2) is 35.8 Å². The van der Waals surface area contributed by atoms with Crippen molar-refractivity contribution in [2.75, 3.05) is 18.0 Å². The summed E-state index contributed by atoms with van der Waals surface area (Å²) >= 11 is 0. The molecule has 2 aromatic rings. The van der Waals surface area contributed by atoms with Crippen LogP contribution in [0.4, 0.5) is 18.9 Å². The lowest BCUT2D eigenvalue weighted by Crippen LogP contribution is -2.57. The molecule has 4 nitrogen and oxygen atoms in total. The second kappa shape index (κ2) is 7.06.